The smallest absolute Gasteiger partial charge is 0.255 e. The zero-order chi connectivity index (χ0) is 20.2. The summed E-state index contributed by atoms with van der Waals surface area (Å²) >= 11 is 0. The minimum atomic E-state index is -0.557. The van der Waals surface area contributed by atoms with Crippen molar-refractivity contribution in [2.24, 2.45) is 11.1 Å². The monoisotopic (exact) mass is 396 g/mol. The molecule has 2 saturated heterocycles. The van der Waals surface area contributed by atoms with E-state index >= 15 is 0 Å². The van der Waals surface area contributed by atoms with Crippen LogP contribution >= 0.6 is 0 Å². The molecule has 0 radical (unpaired) electrons. The summed E-state index contributed by atoms with van der Waals surface area (Å²) in [6, 6.07) is 5.84. The Morgan fingerprint density at radius 3 is 2.59 bits per heavy atom. The number of benzene rings is 1. The second-order valence-corrected chi connectivity index (χ2v) is 9.30. The van der Waals surface area contributed by atoms with E-state index in [0.717, 1.165) is 49.2 Å². The second kappa shape index (κ2) is 6.92. The zero-order valence-corrected chi connectivity index (χ0v) is 16.7. The molecule has 0 bridgehead atoms. The Balaban J connectivity index is 1.29. The molecule has 7 nitrogen and oxygen atoms in total. The summed E-state index contributed by atoms with van der Waals surface area (Å²) < 4.78 is 0. The number of nitrogens with zero attached hydrogens (tertiary/aromatic N) is 2. The van der Waals surface area contributed by atoms with Crippen molar-refractivity contribution >= 4 is 17.7 Å². The third-order valence-corrected chi connectivity index (χ3v) is 7.34. The number of fused-ring (bicyclic) bond motifs is 1. The lowest BCUT2D eigenvalue weighted by Crippen LogP contribution is -2.52. The Bertz CT molecular complexity index is 867. The largest absolute Gasteiger partial charge is 0.328 e. The van der Waals surface area contributed by atoms with Crippen molar-refractivity contribution in [2.75, 3.05) is 13.1 Å². The number of likely N-dealkylation sites (tertiary alicyclic amines) is 1. The zero-order valence-electron chi connectivity index (χ0n) is 16.7. The van der Waals surface area contributed by atoms with Gasteiger partial charge in [0.15, 0.2) is 0 Å². The third-order valence-electron chi connectivity index (χ3n) is 7.34. The number of carbonyl (C=O) groups is 3. The summed E-state index contributed by atoms with van der Waals surface area (Å²) in [4.78, 5) is 41.0. The fraction of sp³-hybridized carbons (Fsp3) is 0.591. The van der Waals surface area contributed by atoms with E-state index in [1.165, 1.54) is 12.8 Å². The van der Waals surface area contributed by atoms with Crippen LogP contribution in [0.5, 0.6) is 0 Å². The van der Waals surface area contributed by atoms with E-state index in [0.29, 0.717) is 24.4 Å². The number of hydrogen-bond donors (Lipinski definition) is 2. The first-order chi connectivity index (χ1) is 13.9. The van der Waals surface area contributed by atoms with Crippen LogP contribution < -0.4 is 11.1 Å². The van der Waals surface area contributed by atoms with Crippen LogP contribution in [0.3, 0.4) is 0 Å². The van der Waals surface area contributed by atoms with Gasteiger partial charge in [0.05, 0.1) is 0 Å². The maximum Gasteiger partial charge on any atom is 0.255 e. The van der Waals surface area contributed by atoms with E-state index < -0.39 is 6.04 Å². The number of amides is 3. The molecule has 1 saturated carbocycles. The number of imide groups is 1. The maximum atomic E-state index is 13.2. The molecule has 1 spiro atoms. The van der Waals surface area contributed by atoms with Crippen LogP contribution in [0.15, 0.2) is 18.2 Å². The van der Waals surface area contributed by atoms with Gasteiger partial charge in [0.25, 0.3) is 5.91 Å². The van der Waals surface area contributed by atoms with Gasteiger partial charge in [-0.2, -0.15) is 0 Å². The van der Waals surface area contributed by atoms with E-state index in [-0.39, 0.29) is 24.1 Å². The molecule has 3 fully saturated rings. The van der Waals surface area contributed by atoms with Gasteiger partial charge >= 0.3 is 0 Å². The van der Waals surface area contributed by atoms with Gasteiger partial charge in [-0.05, 0) is 61.7 Å². The van der Waals surface area contributed by atoms with Crippen molar-refractivity contribution in [1.82, 2.24) is 15.1 Å². The number of hydrogen-bond acceptors (Lipinski definition) is 5. The highest BCUT2D eigenvalue weighted by Gasteiger charge is 2.44. The molecule has 0 aromatic heterocycles. The summed E-state index contributed by atoms with van der Waals surface area (Å²) in [6.45, 7) is 3.29. The van der Waals surface area contributed by atoms with Crippen molar-refractivity contribution in [2.45, 2.75) is 63.7 Å². The number of rotatable bonds is 3. The van der Waals surface area contributed by atoms with Gasteiger partial charge in [-0.25, -0.2) is 0 Å². The van der Waals surface area contributed by atoms with E-state index in [1.54, 1.807) is 4.90 Å². The quantitative estimate of drug-likeness (QED) is 0.748. The predicted molar refractivity (Wildman–Crippen MR) is 107 cm³/mol. The second-order valence-electron chi connectivity index (χ2n) is 9.30. The molecule has 3 aliphatic heterocycles. The molecule has 4 aliphatic rings. The average molecular weight is 396 g/mol. The molecule has 154 valence electrons. The first-order valence-corrected chi connectivity index (χ1v) is 10.7. The van der Waals surface area contributed by atoms with Crippen molar-refractivity contribution in [3.8, 4) is 0 Å². The highest BCUT2D eigenvalue weighted by Crippen LogP contribution is 2.48. The Morgan fingerprint density at radius 2 is 1.90 bits per heavy atom. The Hall–Kier alpha value is -2.25. The van der Waals surface area contributed by atoms with Gasteiger partial charge in [-0.3, -0.25) is 24.6 Å². The molecule has 5 rings (SSSR count). The van der Waals surface area contributed by atoms with Crippen LogP contribution in [0, 0.1) is 5.41 Å². The standard InChI is InChI=1S/C22H28N4O3/c23-16-10-22(11-16)6-8-25(9-7-22)12-14-2-1-3-15-13-26(21(29)19(14)15)17-4-5-18(27)24-20(17)28/h1-3,16-17H,4-13,23H2,(H,24,27,28). The minimum absolute atomic E-state index is 0.0801. The van der Waals surface area contributed by atoms with Crippen LogP contribution in [0.2, 0.25) is 0 Å². The van der Waals surface area contributed by atoms with Crippen molar-refractivity contribution < 1.29 is 14.4 Å². The van der Waals surface area contributed by atoms with Crippen LogP contribution in [-0.2, 0) is 22.7 Å². The number of nitrogens with two attached hydrogens (primary N) is 1. The molecule has 1 aromatic carbocycles. The lowest BCUT2D eigenvalue weighted by Gasteiger charge is -2.51. The Morgan fingerprint density at radius 1 is 1.14 bits per heavy atom. The van der Waals surface area contributed by atoms with Gasteiger partial charge in [0.1, 0.15) is 6.04 Å². The summed E-state index contributed by atoms with van der Waals surface area (Å²) in [7, 11) is 0. The number of carbonyl (C=O) groups excluding carboxylic acids is 3. The Kier molecular flexibility index (Phi) is 4.47. The maximum absolute atomic E-state index is 13.2. The number of nitrogens with one attached hydrogen (secondary N) is 1. The molecular weight excluding hydrogens is 368 g/mol. The molecule has 3 heterocycles. The highest BCUT2D eigenvalue weighted by atomic mass is 16.2. The molecule has 1 unspecified atom stereocenters. The fourth-order valence-corrected chi connectivity index (χ4v) is 5.71. The van der Waals surface area contributed by atoms with Crippen molar-refractivity contribution in [1.29, 1.82) is 0 Å². The van der Waals surface area contributed by atoms with Gasteiger partial charge in [0, 0.05) is 31.1 Å². The van der Waals surface area contributed by atoms with Crippen LogP contribution in [0.1, 0.15) is 60.0 Å². The lowest BCUT2D eigenvalue weighted by molar-refractivity contribution is -0.136. The molecule has 7 heteroatoms. The summed E-state index contributed by atoms with van der Waals surface area (Å²) in [5.41, 5.74) is 9.25. The minimum Gasteiger partial charge on any atom is -0.328 e. The van der Waals surface area contributed by atoms with Crippen LogP contribution in [-0.4, -0.2) is 52.7 Å². The normalized spacial score (nSPS) is 27.1. The summed E-state index contributed by atoms with van der Waals surface area (Å²) in [5, 5.41) is 2.37. The van der Waals surface area contributed by atoms with Crippen molar-refractivity contribution in [3.05, 3.63) is 34.9 Å². The molecule has 1 aliphatic carbocycles. The first kappa shape index (κ1) is 18.8. The summed E-state index contributed by atoms with van der Waals surface area (Å²) in [6.07, 6.45) is 5.36. The van der Waals surface area contributed by atoms with E-state index in [4.69, 9.17) is 5.73 Å². The van der Waals surface area contributed by atoms with E-state index in [1.807, 2.05) is 18.2 Å². The van der Waals surface area contributed by atoms with E-state index in [9.17, 15) is 14.4 Å². The molecule has 1 atom stereocenters. The summed E-state index contributed by atoms with van der Waals surface area (Å²) in [5.74, 6) is -0.695. The molecule has 3 amide bonds. The highest BCUT2D eigenvalue weighted by molar-refractivity contribution is 6.05. The van der Waals surface area contributed by atoms with Crippen molar-refractivity contribution in [3.63, 3.8) is 0 Å². The van der Waals surface area contributed by atoms with Gasteiger partial charge < -0.3 is 10.6 Å². The lowest BCUT2D eigenvalue weighted by atomic mass is 9.61. The molecule has 3 N–H and O–H groups in total. The average Bonchev–Trinajstić information content (AvgIpc) is 3.00. The fourth-order valence-electron chi connectivity index (χ4n) is 5.71. The van der Waals surface area contributed by atoms with E-state index in [2.05, 4.69) is 10.2 Å². The SMILES string of the molecule is NC1CC2(CCN(Cc3cccc4c3C(=O)N(C3CCC(=O)NC3=O)C4)CC2)C1. The Labute approximate surface area is 170 Å². The topological polar surface area (TPSA) is 95.7 Å². The van der Waals surface area contributed by atoms with Gasteiger partial charge in [0.2, 0.25) is 11.8 Å². The van der Waals surface area contributed by atoms with Crippen LogP contribution in [0.25, 0.3) is 0 Å². The number of piperidine rings is 2. The van der Waals surface area contributed by atoms with Gasteiger partial charge in [-0.1, -0.05) is 18.2 Å². The molecular formula is C22H28N4O3. The molecule has 29 heavy (non-hydrogen) atoms. The predicted octanol–water partition coefficient (Wildman–Crippen LogP) is 1.15. The molecule has 1 aromatic rings. The third kappa shape index (κ3) is 3.26. The van der Waals surface area contributed by atoms with Gasteiger partial charge in [-0.15, -0.1) is 0 Å². The van der Waals surface area contributed by atoms with Crippen LogP contribution in [0.4, 0.5) is 0 Å². The first-order valence-electron chi connectivity index (χ1n) is 10.7.